The Morgan fingerprint density at radius 3 is 0.971 bits per heavy atom. The Balaban J connectivity index is 0.000000258. The Kier molecular flexibility index (Phi) is 56.8. The molecule has 0 saturated heterocycles. The van der Waals surface area contributed by atoms with Gasteiger partial charge >= 0.3 is 0 Å². The van der Waals surface area contributed by atoms with Crippen LogP contribution in [0.4, 0.5) is 0 Å². The second-order valence-corrected chi connectivity index (χ2v) is 35.8. The largest absolute Gasteiger partial charge is 0.508 e. The highest BCUT2D eigenvalue weighted by atomic mass is 16.5. The van der Waals surface area contributed by atoms with E-state index in [1.54, 1.807) is 60.7 Å². The Hall–Kier alpha value is -9.96. The van der Waals surface area contributed by atoms with Gasteiger partial charge in [0, 0.05) is 80.3 Å². The van der Waals surface area contributed by atoms with E-state index in [2.05, 4.69) is 123 Å². The lowest BCUT2D eigenvalue weighted by atomic mass is 9.96. The molecule has 0 heterocycles. The number of unbranched alkanes of at least 4 members (excludes halogenated alkanes) is 9. The lowest BCUT2D eigenvalue weighted by Gasteiger charge is -2.20. The first-order valence-electron chi connectivity index (χ1n) is 50.1. The molecule has 10 aromatic rings. The molecule has 0 aromatic heterocycles. The number of aryl methyl sites for hydroxylation is 4. The Morgan fingerprint density at radius 1 is 0.237 bits per heavy atom. The van der Waals surface area contributed by atoms with Crippen molar-refractivity contribution in [2.45, 2.75) is 223 Å². The normalized spacial score (nSPS) is 13.1. The SMILES string of the molecule is OC(CNCCCc1ccc(OCCCc2ccccc2)c(OCCCc2ccccc2)c1)c1ccccc1.OCc1cc(C(O)CNCCCCC(CCCNCC(O)c2ccc(O)c(CO)c2)CNCC(O)c2ccc(O)c(CO)c2)ccc1O.OCc1cc(C(O)CNCCCCCCCCOCC(CCc2ccccc2)OCCCCCCNCC(O)c2ccc(O)c(CO)c2)ccc1O. The minimum atomic E-state index is -0.802. The van der Waals surface area contributed by atoms with Crippen molar-refractivity contribution >= 4 is 0 Å². The molecular formula is C113H158N6O20. The highest BCUT2D eigenvalue weighted by Crippen LogP contribution is 2.33. The van der Waals surface area contributed by atoms with Crippen LogP contribution in [-0.4, -0.2) is 199 Å². The number of hydrogen-bond donors (Lipinski definition) is 22. The van der Waals surface area contributed by atoms with E-state index in [4.69, 9.17) is 18.9 Å². The first kappa shape index (κ1) is 114. The summed E-state index contributed by atoms with van der Waals surface area (Å²) >= 11 is 0. The molecule has 0 radical (unpaired) electrons. The molecule has 10 aromatic carbocycles. The second kappa shape index (κ2) is 69.0. The number of hydrogen-bond acceptors (Lipinski definition) is 26. The molecule has 10 rings (SSSR count). The van der Waals surface area contributed by atoms with Crippen LogP contribution in [0, 0.1) is 5.92 Å². The van der Waals surface area contributed by atoms with Crippen LogP contribution in [0.15, 0.2) is 231 Å². The van der Waals surface area contributed by atoms with Crippen LogP contribution >= 0.6 is 0 Å². The van der Waals surface area contributed by atoms with Crippen molar-refractivity contribution in [3.8, 4) is 40.2 Å². The van der Waals surface area contributed by atoms with E-state index in [-0.39, 0.29) is 67.9 Å². The van der Waals surface area contributed by atoms with E-state index in [1.807, 2.05) is 48.5 Å². The fraction of sp³-hybridized carbons (Fsp3) is 0.469. The van der Waals surface area contributed by atoms with Crippen LogP contribution in [0.25, 0.3) is 0 Å². The van der Waals surface area contributed by atoms with Crippen molar-refractivity contribution in [2.75, 3.05) is 112 Å². The molecule has 0 aliphatic heterocycles. The molecule has 760 valence electrons. The quantitative estimate of drug-likeness (QED) is 0.0157. The van der Waals surface area contributed by atoms with Crippen molar-refractivity contribution < 1.29 is 101 Å². The summed E-state index contributed by atoms with van der Waals surface area (Å²) in [6.45, 7) is 8.91. The van der Waals surface area contributed by atoms with Crippen molar-refractivity contribution in [1.82, 2.24) is 31.9 Å². The van der Waals surface area contributed by atoms with Crippen LogP contribution < -0.4 is 41.4 Å². The van der Waals surface area contributed by atoms with Gasteiger partial charge in [-0.2, -0.15) is 0 Å². The third kappa shape index (κ3) is 45.7. The van der Waals surface area contributed by atoms with E-state index in [9.17, 15) is 81.7 Å². The lowest BCUT2D eigenvalue weighted by molar-refractivity contribution is -0.0222. The molecule has 26 heteroatoms. The molecule has 22 N–H and O–H groups in total. The number of aliphatic hydroxyl groups is 11. The van der Waals surface area contributed by atoms with Gasteiger partial charge in [0.25, 0.3) is 0 Å². The number of aliphatic hydroxyl groups excluding tert-OH is 11. The zero-order valence-corrected chi connectivity index (χ0v) is 81.2. The van der Waals surface area contributed by atoms with Gasteiger partial charge in [0.1, 0.15) is 28.7 Å². The van der Waals surface area contributed by atoms with E-state index in [0.717, 1.165) is 185 Å². The maximum absolute atomic E-state index is 10.7. The standard InChI is InChI=1S/C42H64N2O8.C36H53N3O9.C35H41NO3/c45-30-36-26-34(17-20-39(36)47)41(49)28-43-22-10-3-1-2-5-12-24-51-32-38(19-16-33-14-8-7-9-15-33)52-25-13-6-4-11-23-44-29-42(50)35-18-21-40(48)37(27-35)31-46;40-21-28-14-25(6-9-31(28)43)34(46)18-37-12-2-1-4-24(17-39-20-36(48)27-8-11-33(45)30(16-27)23-42)5-3-13-38-19-35(47)26-7-10-32(44)29(15-26)22-41;37-33(32-20-8-3-9-21-32)28-36-24-10-17-31-22-23-34(38-25-11-18-29-13-4-1-5-14-29)35(27-31)39-26-12-19-30-15-6-2-7-16-30/h7-9,14-15,17-18,20-21,26-27,38,41-50H,1-6,10-13,16,19,22-25,28-32H2;6-11,14-16,24,34-48H,1-5,12-13,17-23H2;1-9,13-16,20-23,27,33,36-37H,10-12,17-19,24-26,28H2. The van der Waals surface area contributed by atoms with Crippen molar-refractivity contribution in [3.05, 3.63) is 314 Å². The topological polar surface area (TPSA) is 433 Å². The predicted molar refractivity (Wildman–Crippen MR) is 547 cm³/mol. The number of nitrogens with one attached hydrogen (secondary N) is 6. The highest BCUT2D eigenvalue weighted by molar-refractivity contribution is 5.44. The first-order chi connectivity index (χ1) is 67.8. The highest BCUT2D eigenvalue weighted by Gasteiger charge is 2.20. The number of rotatable bonds is 70. The third-order valence-corrected chi connectivity index (χ3v) is 24.8. The third-order valence-electron chi connectivity index (χ3n) is 24.8. The van der Waals surface area contributed by atoms with Gasteiger partial charge in [0.2, 0.25) is 0 Å². The summed E-state index contributed by atoms with van der Waals surface area (Å²) < 4.78 is 24.8. The van der Waals surface area contributed by atoms with Crippen LogP contribution in [0.1, 0.15) is 242 Å². The zero-order valence-electron chi connectivity index (χ0n) is 81.2. The average molecular weight is 1920 g/mol. The molecule has 0 saturated carbocycles. The van der Waals surface area contributed by atoms with Crippen molar-refractivity contribution in [1.29, 1.82) is 0 Å². The van der Waals surface area contributed by atoms with Crippen molar-refractivity contribution in [2.24, 2.45) is 5.92 Å². The van der Waals surface area contributed by atoms with Gasteiger partial charge in [-0.25, -0.2) is 0 Å². The summed E-state index contributed by atoms with van der Waals surface area (Å²) in [6, 6.07) is 71.4. The molecule has 0 aliphatic carbocycles. The first-order valence-corrected chi connectivity index (χ1v) is 50.1. The van der Waals surface area contributed by atoms with Gasteiger partial charge in [-0.3, -0.25) is 0 Å². The zero-order chi connectivity index (χ0) is 99.1. The predicted octanol–water partition coefficient (Wildman–Crippen LogP) is 15.0. The van der Waals surface area contributed by atoms with Gasteiger partial charge in [-0.15, -0.1) is 0 Å². The average Bonchev–Trinajstić information content (AvgIpc) is 0.872. The van der Waals surface area contributed by atoms with E-state index in [0.29, 0.717) is 140 Å². The molecule has 0 bridgehead atoms. The van der Waals surface area contributed by atoms with Gasteiger partial charge < -0.3 is 133 Å². The maximum atomic E-state index is 10.7. The summed E-state index contributed by atoms with van der Waals surface area (Å²) in [5.74, 6) is 2.01. The van der Waals surface area contributed by atoms with Gasteiger partial charge in [-0.1, -0.05) is 203 Å². The van der Waals surface area contributed by atoms with E-state index < -0.39 is 36.6 Å². The fourth-order valence-electron chi connectivity index (χ4n) is 16.3. The monoisotopic (exact) mass is 1920 g/mol. The second-order valence-electron chi connectivity index (χ2n) is 35.8. The Morgan fingerprint density at radius 2 is 0.561 bits per heavy atom. The number of benzene rings is 10. The molecule has 8 atom stereocenters. The number of phenols is 5. The van der Waals surface area contributed by atoms with Gasteiger partial charge in [0.15, 0.2) is 11.5 Å². The summed E-state index contributed by atoms with van der Waals surface area (Å²) in [6.07, 6.45) is 19.1. The molecular weight excluding hydrogens is 1760 g/mol. The molecule has 139 heavy (non-hydrogen) atoms. The summed E-state index contributed by atoms with van der Waals surface area (Å²) in [4.78, 5) is 0. The van der Waals surface area contributed by atoms with Crippen LogP contribution in [0.2, 0.25) is 0 Å². The Bertz CT molecular complexity index is 4880. The number of ether oxygens (including phenoxy) is 4. The van der Waals surface area contributed by atoms with E-state index >= 15 is 0 Å². The smallest absolute Gasteiger partial charge is 0.161 e. The molecule has 26 nitrogen and oxygen atoms in total. The summed E-state index contributed by atoms with van der Waals surface area (Å²) in [7, 11) is 0. The van der Waals surface area contributed by atoms with Crippen LogP contribution in [0.5, 0.6) is 40.2 Å². The van der Waals surface area contributed by atoms with Crippen LogP contribution in [0.3, 0.4) is 0 Å². The molecule has 0 spiro atoms. The minimum Gasteiger partial charge on any atom is -0.508 e. The van der Waals surface area contributed by atoms with Crippen LogP contribution in [-0.2, 0) is 68.2 Å². The molecule has 0 amide bonds. The summed E-state index contributed by atoms with van der Waals surface area (Å²) in [5, 5.41) is 178. The molecule has 0 aliphatic rings. The molecule has 0 fully saturated rings. The lowest BCUT2D eigenvalue weighted by Crippen LogP contribution is -2.29. The Labute approximate surface area is 823 Å². The summed E-state index contributed by atoms with van der Waals surface area (Å²) in [5.41, 5.74) is 11.3. The van der Waals surface area contributed by atoms with Gasteiger partial charge in [-0.05, 0) is 276 Å². The van der Waals surface area contributed by atoms with Gasteiger partial charge in [0.05, 0.1) is 95.6 Å². The van der Waals surface area contributed by atoms with Crippen molar-refractivity contribution in [3.63, 3.8) is 0 Å². The fourth-order valence-corrected chi connectivity index (χ4v) is 16.3. The molecule has 8 unspecified atom stereocenters. The number of aromatic hydroxyl groups is 5. The minimum absolute atomic E-state index is 0.00375. The van der Waals surface area contributed by atoms with E-state index in [1.165, 1.54) is 65.4 Å². The maximum Gasteiger partial charge on any atom is 0.161 e.